The molecule has 0 radical (unpaired) electrons. The van der Waals surface area contributed by atoms with E-state index >= 15 is 0 Å². The third-order valence-electron chi connectivity index (χ3n) is 8.09. The standard InChI is InChI=1S/C22H24F3IO2/c23-22(24,25)19-12-6-7-13(19)17-15-9-8-14(20(15)26)16(12)18(17)21(27)28-10-11-4-2-1-3-5-11/h1-5,12-20H,6-10H2/t12-,13?,14?,15?,16?,17?,18?,19?,20?/m1/s1. The second-order valence-electron chi connectivity index (χ2n) is 9.10. The van der Waals surface area contributed by atoms with Gasteiger partial charge < -0.3 is 4.74 Å². The van der Waals surface area contributed by atoms with Crippen LogP contribution in [0.2, 0.25) is 0 Å². The van der Waals surface area contributed by atoms with E-state index in [1.54, 1.807) is 0 Å². The van der Waals surface area contributed by atoms with Gasteiger partial charge in [0.05, 0.1) is 11.8 Å². The predicted molar refractivity (Wildman–Crippen MR) is 106 cm³/mol. The third-order valence-corrected chi connectivity index (χ3v) is 9.94. The maximum atomic E-state index is 13.9. The minimum atomic E-state index is -4.15. The molecule has 5 rings (SSSR count). The van der Waals surface area contributed by atoms with Crippen LogP contribution in [0.1, 0.15) is 31.2 Å². The Morgan fingerprint density at radius 2 is 1.50 bits per heavy atom. The normalized spacial score (nSPS) is 43.8. The molecular weight excluding hydrogens is 480 g/mol. The second kappa shape index (κ2) is 6.88. The van der Waals surface area contributed by atoms with Gasteiger partial charge in [0.15, 0.2) is 0 Å². The van der Waals surface area contributed by atoms with Crippen LogP contribution >= 0.6 is 22.6 Å². The van der Waals surface area contributed by atoms with Crippen LogP contribution in [0.4, 0.5) is 13.2 Å². The maximum Gasteiger partial charge on any atom is 0.392 e. The van der Waals surface area contributed by atoms with Gasteiger partial charge in [-0.1, -0.05) is 52.9 Å². The molecule has 4 saturated carbocycles. The molecule has 4 aliphatic rings. The molecule has 152 valence electrons. The number of halogens is 4. The zero-order valence-electron chi connectivity index (χ0n) is 15.4. The average molecular weight is 504 g/mol. The monoisotopic (exact) mass is 504 g/mol. The summed E-state index contributed by atoms with van der Waals surface area (Å²) in [5, 5.41) is 0. The van der Waals surface area contributed by atoms with Crippen LogP contribution in [0.15, 0.2) is 30.3 Å². The highest BCUT2D eigenvalue weighted by atomic mass is 127. The van der Waals surface area contributed by atoms with Gasteiger partial charge in [0.1, 0.15) is 6.61 Å². The summed E-state index contributed by atoms with van der Waals surface area (Å²) >= 11 is 2.47. The van der Waals surface area contributed by atoms with Crippen molar-refractivity contribution in [3.63, 3.8) is 0 Å². The topological polar surface area (TPSA) is 26.3 Å². The minimum absolute atomic E-state index is 0.167. The fourth-order valence-electron chi connectivity index (χ4n) is 7.34. The summed E-state index contributed by atoms with van der Waals surface area (Å²) in [7, 11) is 0. The molecule has 0 saturated heterocycles. The zero-order chi connectivity index (χ0) is 19.6. The molecule has 0 N–H and O–H groups in total. The fraction of sp³-hybridized carbons (Fsp3) is 0.682. The Morgan fingerprint density at radius 1 is 0.964 bits per heavy atom. The molecule has 0 aliphatic heterocycles. The summed E-state index contributed by atoms with van der Waals surface area (Å²) < 4.78 is 47.9. The number of carbonyl (C=O) groups excluding carboxylic acids is 1. The van der Waals surface area contributed by atoms with Gasteiger partial charge in [0.25, 0.3) is 0 Å². The van der Waals surface area contributed by atoms with Crippen molar-refractivity contribution in [3.8, 4) is 0 Å². The lowest BCUT2D eigenvalue weighted by Gasteiger charge is -2.54. The Morgan fingerprint density at radius 3 is 2.04 bits per heavy atom. The number of rotatable bonds is 3. The van der Waals surface area contributed by atoms with Crippen LogP contribution in [0, 0.1) is 47.3 Å². The number of ether oxygens (including phenoxy) is 1. The quantitative estimate of drug-likeness (QED) is 0.231. The molecule has 6 heteroatoms. The van der Waals surface area contributed by atoms with Gasteiger partial charge in [0.2, 0.25) is 0 Å². The zero-order valence-corrected chi connectivity index (χ0v) is 17.6. The Bertz CT molecular complexity index is 724. The number of fused-ring (bicyclic) bond motifs is 10. The molecule has 0 aromatic heterocycles. The molecule has 2 nitrogen and oxygen atoms in total. The van der Waals surface area contributed by atoms with Crippen molar-refractivity contribution in [2.24, 2.45) is 47.3 Å². The van der Waals surface area contributed by atoms with Crippen LogP contribution in [0.25, 0.3) is 0 Å². The van der Waals surface area contributed by atoms with E-state index in [4.69, 9.17) is 4.74 Å². The molecule has 1 aromatic rings. The molecule has 0 spiro atoms. The van der Waals surface area contributed by atoms with E-state index in [-0.39, 0.29) is 42.2 Å². The minimum Gasteiger partial charge on any atom is -0.461 e. The SMILES string of the molecule is O=C(OCc1ccccc1)C1C2C3CCC(C3I)C1[C@H]1CCC2C1C(F)(F)F. The van der Waals surface area contributed by atoms with Crippen LogP contribution in [0.5, 0.6) is 0 Å². The largest absolute Gasteiger partial charge is 0.461 e. The molecule has 4 aliphatic carbocycles. The van der Waals surface area contributed by atoms with E-state index in [0.717, 1.165) is 18.4 Å². The van der Waals surface area contributed by atoms with E-state index in [1.807, 2.05) is 30.3 Å². The highest BCUT2D eigenvalue weighted by Crippen LogP contribution is 2.70. The molecule has 0 heterocycles. The summed E-state index contributed by atoms with van der Waals surface area (Å²) in [6.45, 7) is 0.205. The smallest absolute Gasteiger partial charge is 0.392 e. The summed E-state index contributed by atoms with van der Waals surface area (Å²) in [5.41, 5.74) is 0.919. The summed E-state index contributed by atoms with van der Waals surface area (Å²) in [6.07, 6.45) is -0.986. The van der Waals surface area contributed by atoms with Gasteiger partial charge in [-0.05, 0) is 66.8 Å². The lowest BCUT2D eigenvalue weighted by molar-refractivity contribution is -0.233. The Balaban J connectivity index is 1.45. The van der Waals surface area contributed by atoms with Crippen LogP contribution in [-0.4, -0.2) is 16.1 Å². The highest BCUT2D eigenvalue weighted by Gasteiger charge is 2.70. The first kappa shape index (κ1) is 19.2. The molecular formula is C22H24F3IO2. The van der Waals surface area contributed by atoms with Gasteiger partial charge in [-0.3, -0.25) is 4.79 Å². The van der Waals surface area contributed by atoms with Crippen molar-refractivity contribution in [1.82, 2.24) is 0 Å². The number of hydrogen-bond acceptors (Lipinski definition) is 2. The van der Waals surface area contributed by atoms with Crippen molar-refractivity contribution in [2.75, 3.05) is 0 Å². The Kier molecular flexibility index (Phi) is 4.71. The number of carbonyl (C=O) groups is 1. The number of benzene rings is 1. The van der Waals surface area contributed by atoms with Gasteiger partial charge in [-0.2, -0.15) is 13.2 Å². The van der Waals surface area contributed by atoms with E-state index in [2.05, 4.69) is 22.6 Å². The average Bonchev–Trinajstić information content (AvgIpc) is 3.19. The first-order chi connectivity index (χ1) is 13.4. The predicted octanol–water partition coefficient (Wildman–Crippen LogP) is 5.64. The summed E-state index contributed by atoms with van der Waals surface area (Å²) in [6, 6.07) is 9.51. The first-order valence-corrected chi connectivity index (χ1v) is 11.5. The molecule has 6 bridgehead atoms. The van der Waals surface area contributed by atoms with Crippen LogP contribution < -0.4 is 0 Å². The van der Waals surface area contributed by atoms with Crippen molar-refractivity contribution in [2.45, 2.75) is 42.4 Å². The van der Waals surface area contributed by atoms with Crippen molar-refractivity contribution < 1.29 is 22.7 Å². The molecule has 0 amide bonds. The maximum absolute atomic E-state index is 13.9. The first-order valence-electron chi connectivity index (χ1n) is 10.3. The molecule has 9 atom stereocenters. The molecule has 8 unspecified atom stereocenters. The summed E-state index contributed by atoms with van der Waals surface area (Å²) in [5.74, 6) is -2.50. The summed E-state index contributed by atoms with van der Waals surface area (Å²) in [4.78, 5) is 13.2. The third kappa shape index (κ3) is 2.83. The number of hydrogen-bond donors (Lipinski definition) is 0. The van der Waals surface area contributed by atoms with Gasteiger partial charge in [0, 0.05) is 3.92 Å². The van der Waals surface area contributed by atoms with Crippen LogP contribution in [0.3, 0.4) is 0 Å². The fourth-order valence-corrected chi connectivity index (χ4v) is 9.02. The Hall–Kier alpha value is -0.790. The second-order valence-corrected chi connectivity index (χ2v) is 10.5. The van der Waals surface area contributed by atoms with Crippen molar-refractivity contribution >= 4 is 28.6 Å². The van der Waals surface area contributed by atoms with E-state index in [1.165, 1.54) is 0 Å². The molecule has 1 aromatic carbocycles. The van der Waals surface area contributed by atoms with Crippen molar-refractivity contribution in [1.29, 1.82) is 0 Å². The highest BCUT2D eigenvalue weighted by molar-refractivity contribution is 14.1. The number of alkyl halides is 4. The van der Waals surface area contributed by atoms with E-state index in [0.29, 0.717) is 16.8 Å². The lowest BCUT2D eigenvalue weighted by atomic mass is 9.52. The van der Waals surface area contributed by atoms with E-state index in [9.17, 15) is 18.0 Å². The van der Waals surface area contributed by atoms with E-state index < -0.39 is 23.9 Å². The van der Waals surface area contributed by atoms with Crippen LogP contribution in [-0.2, 0) is 16.1 Å². The molecule has 28 heavy (non-hydrogen) atoms. The molecule has 4 fully saturated rings. The van der Waals surface area contributed by atoms with Crippen molar-refractivity contribution in [3.05, 3.63) is 35.9 Å². The Labute approximate surface area is 176 Å². The van der Waals surface area contributed by atoms with Gasteiger partial charge in [-0.15, -0.1) is 0 Å². The van der Waals surface area contributed by atoms with Gasteiger partial charge >= 0.3 is 12.1 Å². The van der Waals surface area contributed by atoms with Gasteiger partial charge in [-0.25, -0.2) is 0 Å². The lowest BCUT2D eigenvalue weighted by Crippen LogP contribution is -2.58. The number of esters is 1.